The van der Waals surface area contributed by atoms with Gasteiger partial charge in [-0.2, -0.15) is 4.39 Å². The molecule has 7 nitrogen and oxygen atoms in total. The van der Waals surface area contributed by atoms with Crippen LogP contribution in [0.3, 0.4) is 0 Å². The van der Waals surface area contributed by atoms with Crippen LogP contribution in [-0.4, -0.2) is 36.6 Å². The molecule has 1 aromatic carbocycles. The van der Waals surface area contributed by atoms with Crippen LogP contribution in [0.25, 0.3) is 0 Å². The van der Waals surface area contributed by atoms with Crippen molar-refractivity contribution in [2.75, 3.05) is 25.1 Å². The van der Waals surface area contributed by atoms with E-state index >= 15 is 0 Å². The summed E-state index contributed by atoms with van der Waals surface area (Å²) in [6, 6.07) is 2.68. The van der Waals surface area contributed by atoms with Crippen molar-refractivity contribution in [3.05, 3.63) is 34.1 Å². The van der Waals surface area contributed by atoms with Crippen molar-refractivity contribution < 1.29 is 18.8 Å². The first-order valence-electron chi connectivity index (χ1n) is 5.64. The lowest BCUT2D eigenvalue weighted by Gasteiger charge is -2.22. The van der Waals surface area contributed by atoms with Gasteiger partial charge in [-0.15, -0.1) is 0 Å². The molecule has 2 rings (SSSR count). The molecule has 1 unspecified atom stereocenters. The molecule has 1 atom stereocenters. The Hall–Kier alpha value is -2.06. The lowest BCUT2D eigenvalue weighted by Crippen LogP contribution is -2.48. The molecule has 0 radical (unpaired) electrons. The Morgan fingerprint density at radius 1 is 1.58 bits per heavy atom. The van der Waals surface area contributed by atoms with Crippen molar-refractivity contribution in [3.63, 3.8) is 0 Å². The molecule has 0 spiro atoms. The molecule has 19 heavy (non-hydrogen) atoms. The number of benzene rings is 1. The fourth-order valence-corrected chi connectivity index (χ4v) is 1.69. The monoisotopic (exact) mass is 269 g/mol. The van der Waals surface area contributed by atoms with E-state index in [1.807, 2.05) is 0 Å². The minimum absolute atomic E-state index is 0.172. The molecule has 1 aliphatic heterocycles. The van der Waals surface area contributed by atoms with Crippen LogP contribution < -0.4 is 10.6 Å². The summed E-state index contributed by atoms with van der Waals surface area (Å²) in [5.74, 6) is -1.32. The number of ether oxygens (including phenoxy) is 1. The van der Waals surface area contributed by atoms with Crippen molar-refractivity contribution in [2.24, 2.45) is 0 Å². The van der Waals surface area contributed by atoms with Crippen molar-refractivity contribution in [3.8, 4) is 0 Å². The first-order chi connectivity index (χ1) is 9.08. The molecule has 0 bridgehead atoms. The van der Waals surface area contributed by atoms with Gasteiger partial charge >= 0.3 is 5.69 Å². The number of carbonyl (C=O) groups is 1. The van der Waals surface area contributed by atoms with Crippen LogP contribution in [-0.2, 0) is 9.53 Å². The topological polar surface area (TPSA) is 93.5 Å². The number of rotatable bonds is 3. The van der Waals surface area contributed by atoms with Gasteiger partial charge in [0.1, 0.15) is 6.04 Å². The van der Waals surface area contributed by atoms with Crippen LogP contribution in [0.5, 0.6) is 0 Å². The normalized spacial score (nSPS) is 18.9. The number of amides is 1. The molecular weight excluding hydrogens is 257 g/mol. The Morgan fingerprint density at radius 3 is 3.00 bits per heavy atom. The van der Waals surface area contributed by atoms with Crippen molar-refractivity contribution in [1.29, 1.82) is 0 Å². The van der Waals surface area contributed by atoms with E-state index in [-0.39, 0.29) is 18.2 Å². The maximum Gasteiger partial charge on any atom is 0.306 e. The van der Waals surface area contributed by atoms with E-state index in [2.05, 4.69) is 10.6 Å². The van der Waals surface area contributed by atoms with Gasteiger partial charge in [-0.05, 0) is 12.1 Å². The van der Waals surface area contributed by atoms with Crippen molar-refractivity contribution in [1.82, 2.24) is 5.32 Å². The number of hydrogen-bond donors (Lipinski definition) is 2. The maximum atomic E-state index is 13.1. The fraction of sp³-hybridized carbons (Fsp3) is 0.364. The predicted molar refractivity (Wildman–Crippen MR) is 64.3 cm³/mol. The zero-order valence-electron chi connectivity index (χ0n) is 9.89. The standard InChI is InChI=1S/C11H12FN3O4/c12-8-2-1-7(5-10(8)15(17)18)14-11(16)9-6-19-4-3-13-9/h1-2,5,9,13H,3-4,6H2,(H,14,16). The molecule has 1 heterocycles. The molecule has 1 fully saturated rings. The summed E-state index contributed by atoms with van der Waals surface area (Å²) in [6.45, 7) is 1.32. The van der Waals surface area contributed by atoms with Gasteiger partial charge in [0.2, 0.25) is 11.7 Å². The van der Waals surface area contributed by atoms with E-state index in [4.69, 9.17) is 4.74 Å². The highest BCUT2D eigenvalue weighted by Crippen LogP contribution is 2.21. The van der Waals surface area contributed by atoms with Crippen molar-refractivity contribution in [2.45, 2.75) is 6.04 Å². The fourth-order valence-electron chi connectivity index (χ4n) is 1.69. The minimum atomic E-state index is -0.942. The SMILES string of the molecule is O=C(Nc1ccc(F)c([N+](=O)[O-])c1)C1COCCN1. The summed E-state index contributed by atoms with van der Waals surface area (Å²) in [7, 11) is 0. The van der Waals surface area contributed by atoms with Crippen LogP contribution in [0.2, 0.25) is 0 Å². The Bertz CT molecular complexity index is 503. The Morgan fingerprint density at radius 2 is 2.37 bits per heavy atom. The van der Waals surface area contributed by atoms with Gasteiger partial charge in [0.25, 0.3) is 0 Å². The Balaban J connectivity index is 2.08. The van der Waals surface area contributed by atoms with Crippen LogP contribution in [0, 0.1) is 15.9 Å². The van der Waals surface area contributed by atoms with E-state index in [1.165, 1.54) is 6.07 Å². The van der Waals surface area contributed by atoms with E-state index in [0.29, 0.717) is 13.2 Å². The summed E-state index contributed by atoms with van der Waals surface area (Å²) in [4.78, 5) is 21.6. The third kappa shape index (κ3) is 3.24. The molecule has 2 N–H and O–H groups in total. The Labute approximate surface area is 107 Å². The predicted octanol–water partition coefficient (Wildman–Crippen LogP) is 0.661. The number of carbonyl (C=O) groups excluding carboxylic acids is 1. The van der Waals surface area contributed by atoms with Gasteiger partial charge in [0, 0.05) is 18.3 Å². The molecule has 1 saturated heterocycles. The van der Waals surface area contributed by atoms with Crippen LogP contribution in [0.1, 0.15) is 0 Å². The molecule has 1 aromatic rings. The van der Waals surface area contributed by atoms with E-state index in [0.717, 1.165) is 12.1 Å². The maximum absolute atomic E-state index is 13.1. The van der Waals surface area contributed by atoms with Crippen molar-refractivity contribution >= 4 is 17.3 Å². The lowest BCUT2D eigenvalue weighted by atomic mass is 10.2. The third-order valence-electron chi connectivity index (χ3n) is 2.65. The van der Waals surface area contributed by atoms with Gasteiger partial charge in [-0.25, -0.2) is 0 Å². The van der Waals surface area contributed by atoms with Gasteiger partial charge in [0.05, 0.1) is 18.1 Å². The van der Waals surface area contributed by atoms with E-state index in [1.54, 1.807) is 0 Å². The zero-order chi connectivity index (χ0) is 13.8. The minimum Gasteiger partial charge on any atom is -0.378 e. The average molecular weight is 269 g/mol. The molecule has 0 aliphatic carbocycles. The number of nitro benzene ring substituents is 1. The van der Waals surface area contributed by atoms with E-state index in [9.17, 15) is 19.3 Å². The zero-order valence-corrected chi connectivity index (χ0v) is 9.89. The number of halogens is 1. The van der Waals surface area contributed by atoms with E-state index < -0.39 is 22.5 Å². The molecule has 0 aromatic heterocycles. The average Bonchev–Trinajstić information content (AvgIpc) is 2.41. The summed E-state index contributed by atoms with van der Waals surface area (Å²) in [5.41, 5.74) is -0.504. The molecular formula is C11H12FN3O4. The van der Waals surface area contributed by atoms with Gasteiger partial charge in [-0.1, -0.05) is 0 Å². The highest BCUT2D eigenvalue weighted by Gasteiger charge is 2.22. The number of nitrogens with one attached hydrogen (secondary N) is 2. The van der Waals surface area contributed by atoms with Gasteiger partial charge in [0.15, 0.2) is 0 Å². The third-order valence-corrected chi connectivity index (χ3v) is 2.65. The number of nitro groups is 1. The summed E-state index contributed by atoms with van der Waals surface area (Å²) >= 11 is 0. The summed E-state index contributed by atoms with van der Waals surface area (Å²) in [5, 5.41) is 16.0. The summed E-state index contributed by atoms with van der Waals surface area (Å²) in [6.07, 6.45) is 0. The highest BCUT2D eigenvalue weighted by atomic mass is 19.1. The van der Waals surface area contributed by atoms with Gasteiger partial charge < -0.3 is 15.4 Å². The molecule has 102 valence electrons. The second-order valence-electron chi connectivity index (χ2n) is 3.99. The number of hydrogen-bond acceptors (Lipinski definition) is 5. The van der Waals surface area contributed by atoms with Crippen LogP contribution in [0.4, 0.5) is 15.8 Å². The second-order valence-corrected chi connectivity index (χ2v) is 3.99. The molecule has 0 saturated carbocycles. The summed E-state index contributed by atoms with van der Waals surface area (Å²) < 4.78 is 18.3. The van der Waals surface area contributed by atoms with Crippen LogP contribution in [0.15, 0.2) is 18.2 Å². The first-order valence-corrected chi connectivity index (χ1v) is 5.64. The number of morpholine rings is 1. The highest BCUT2D eigenvalue weighted by molar-refractivity contribution is 5.95. The number of anilines is 1. The number of nitrogens with zero attached hydrogens (tertiary/aromatic N) is 1. The van der Waals surface area contributed by atoms with Crippen LogP contribution >= 0.6 is 0 Å². The van der Waals surface area contributed by atoms with Gasteiger partial charge in [-0.3, -0.25) is 14.9 Å². The largest absolute Gasteiger partial charge is 0.378 e. The first kappa shape index (κ1) is 13.4. The molecule has 1 amide bonds. The Kier molecular flexibility index (Phi) is 4.03. The molecule has 1 aliphatic rings. The lowest BCUT2D eigenvalue weighted by molar-refractivity contribution is -0.387. The smallest absolute Gasteiger partial charge is 0.306 e. The second kappa shape index (κ2) is 5.72. The molecule has 8 heteroatoms. The quantitative estimate of drug-likeness (QED) is 0.621.